The number of aryl methyl sites for hydroxylation is 1. The van der Waals surface area contributed by atoms with Gasteiger partial charge in [-0.2, -0.15) is 0 Å². The Morgan fingerprint density at radius 1 is 1.24 bits per heavy atom. The normalized spacial score (nSPS) is 11.6. The molecule has 0 saturated heterocycles. The number of Topliss-reactive ketones (excluding diaryl/α,β-unsaturated/α-hetero) is 1. The first-order valence-electron chi connectivity index (χ1n) is 5.34. The van der Waals surface area contributed by atoms with Crippen LogP contribution in [0.3, 0.4) is 0 Å². The lowest BCUT2D eigenvalue weighted by Crippen LogP contribution is -2.14. The zero-order valence-electron chi connectivity index (χ0n) is 10.4. The minimum absolute atomic E-state index is 0.0740. The van der Waals surface area contributed by atoms with Crippen molar-refractivity contribution in [3.05, 3.63) is 34.9 Å². The Balaban J connectivity index is 2.87. The van der Waals surface area contributed by atoms with E-state index in [9.17, 15) is 13.6 Å². The molecule has 1 rings (SSSR count). The third-order valence-corrected chi connectivity index (χ3v) is 3.48. The van der Waals surface area contributed by atoms with Gasteiger partial charge < -0.3 is 0 Å². The van der Waals surface area contributed by atoms with Gasteiger partial charge in [-0.05, 0) is 18.6 Å². The van der Waals surface area contributed by atoms with Gasteiger partial charge in [0.15, 0.2) is 17.4 Å². The Hall–Kier alpha value is -0.900. The zero-order valence-corrected chi connectivity index (χ0v) is 11.3. The molecule has 0 unspecified atom stereocenters. The van der Waals surface area contributed by atoms with E-state index in [1.807, 2.05) is 20.8 Å². The highest BCUT2D eigenvalue weighted by Gasteiger charge is 2.19. The van der Waals surface area contributed by atoms with Crippen LogP contribution in [0.15, 0.2) is 12.1 Å². The van der Waals surface area contributed by atoms with Gasteiger partial charge in [0, 0.05) is 4.75 Å². The lowest BCUT2D eigenvalue weighted by molar-refractivity contribution is 0.101. The van der Waals surface area contributed by atoms with Crippen molar-refractivity contribution in [2.75, 3.05) is 5.75 Å². The van der Waals surface area contributed by atoms with Crippen molar-refractivity contribution >= 4 is 17.5 Å². The summed E-state index contributed by atoms with van der Waals surface area (Å²) in [5.41, 5.74) is 0.0485. The van der Waals surface area contributed by atoms with Crippen molar-refractivity contribution in [1.29, 1.82) is 0 Å². The van der Waals surface area contributed by atoms with Crippen molar-refractivity contribution in [3.63, 3.8) is 0 Å². The van der Waals surface area contributed by atoms with Crippen LogP contribution in [0.1, 0.15) is 36.7 Å². The van der Waals surface area contributed by atoms with E-state index in [-0.39, 0.29) is 27.4 Å². The number of carbonyl (C=O) groups excluding carboxylic acids is 1. The molecular formula is C13H16F2OS. The fourth-order valence-electron chi connectivity index (χ4n) is 1.22. The summed E-state index contributed by atoms with van der Waals surface area (Å²) >= 11 is 1.42. The second-order valence-electron chi connectivity index (χ2n) is 4.88. The van der Waals surface area contributed by atoms with Gasteiger partial charge in [-0.25, -0.2) is 8.78 Å². The molecule has 0 aromatic heterocycles. The number of rotatable bonds is 3. The molecule has 4 heteroatoms. The minimum atomic E-state index is -1.04. The maximum Gasteiger partial charge on any atom is 0.175 e. The highest BCUT2D eigenvalue weighted by molar-refractivity contribution is 8.01. The molecule has 94 valence electrons. The first kappa shape index (κ1) is 14.2. The smallest absolute Gasteiger partial charge is 0.175 e. The fourth-order valence-corrected chi connectivity index (χ4v) is 1.94. The van der Waals surface area contributed by atoms with Crippen LogP contribution in [-0.2, 0) is 0 Å². The van der Waals surface area contributed by atoms with Crippen LogP contribution in [0.4, 0.5) is 8.78 Å². The highest BCUT2D eigenvalue weighted by Crippen LogP contribution is 2.25. The average Bonchev–Trinajstić information content (AvgIpc) is 2.22. The number of hydrogen-bond donors (Lipinski definition) is 0. The molecule has 17 heavy (non-hydrogen) atoms. The molecule has 0 bridgehead atoms. The van der Waals surface area contributed by atoms with Crippen molar-refractivity contribution in [3.8, 4) is 0 Å². The maximum absolute atomic E-state index is 13.5. The molecule has 0 aliphatic rings. The van der Waals surface area contributed by atoms with Crippen LogP contribution >= 0.6 is 11.8 Å². The molecule has 0 heterocycles. The number of benzene rings is 1. The Morgan fingerprint density at radius 2 is 1.82 bits per heavy atom. The largest absolute Gasteiger partial charge is 0.293 e. The summed E-state index contributed by atoms with van der Waals surface area (Å²) in [4.78, 5) is 11.7. The number of thioether (sulfide) groups is 1. The molecule has 1 aromatic rings. The van der Waals surface area contributed by atoms with Crippen molar-refractivity contribution in [2.45, 2.75) is 32.4 Å². The minimum Gasteiger partial charge on any atom is -0.293 e. The lowest BCUT2D eigenvalue weighted by Gasteiger charge is -2.16. The summed E-state index contributed by atoms with van der Waals surface area (Å²) in [7, 11) is 0. The fraction of sp³-hybridized carbons (Fsp3) is 0.462. The summed E-state index contributed by atoms with van der Waals surface area (Å²) in [6.07, 6.45) is 0. The van der Waals surface area contributed by atoms with Gasteiger partial charge in [0.1, 0.15) is 0 Å². The Labute approximate surface area is 105 Å². The summed E-state index contributed by atoms with van der Waals surface area (Å²) in [6, 6.07) is 2.77. The first-order valence-corrected chi connectivity index (χ1v) is 6.32. The molecule has 0 N–H and O–H groups in total. The molecule has 0 aliphatic carbocycles. The van der Waals surface area contributed by atoms with Gasteiger partial charge in [0.25, 0.3) is 0 Å². The molecule has 1 nitrogen and oxygen atoms in total. The van der Waals surface area contributed by atoms with E-state index in [2.05, 4.69) is 0 Å². The average molecular weight is 258 g/mol. The number of halogens is 2. The van der Waals surface area contributed by atoms with E-state index in [4.69, 9.17) is 0 Å². The van der Waals surface area contributed by atoms with Gasteiger partial charge >= 0.3 is 0 Å². The Kier molecular flexibility index (Phi) is 4.31. The zero-order chi connectivity index (χ0) is 13.2. The molecule has 0 aliphatic heterocycles. The molecule has 0 atom stereocenters. The van der Waals surface area contributed by atoms with Gasteiger partial charge in [-0.15, -0.1) is 11.8 Å². The van der Waals surface area contributed by atoms with Crippen LogP contribution in [0.5, 0.6) is 0 Å². The maximum atomic E-state index is 13.5. The molecule has 1 aromatic carbocycles. The van der Waals surface area contributed by atoms with E-state index in [1.54, 1.807) is 0 Å². The summed E-state index contributed by atoms with van der Waals surface area (Å²) in [5, 5.41) is 0. The van der Waals surface area contributed by atoms with E-state index < -0.39 is 11.6 Å². The van der Waals surface area contributed by atoms with Gasteiger partial charge in [-0.3, -0.25) is 4.79 Å². The number of hydrogen-bond acceptors (Lipinski definition) is 2. The molecular weight excluding hydrogens is 242 g/mol. The van der Waals surface area contributed by atoms with E-state index in [0.29, 0.717) is 0 Å². The topological polar surface area (TPSA) is 17.1 Å². The molecule has 0 radical (unpaired) electrons. The van der Waals surface area contributed by atoms with Gasteiger partial charge in [0.05, 0.1) is 11.3 Å². The Bertz CT molecular complexity index is 436. The van der Waals surface area contributed by atoms with Crippen LogP contribution in [0.2, 0.25) is 0 Å². The van der Waals surface area contributed by atoms with Gasteiger partial charge in [0.2, 0.25) is 0 Å². The molecule has 0 spiro atoms. The molecule has 0 amide bonds. The number of ketones is 1. The summed E-state index contributed by atoms with van der Waals surface area (Å²) in [5.74, 6) is -2.19. The first-order chi connectivity index (χ1) is 7.72. The Morgan fingerprint density at radius 3 is 2.35 bits per heavy atom. The predicted octanol–water partition coefficient (Wildman–Crippen LogP) is 3.99. The van der Waals surface area contributed by atoms with Crippen LogP contribution in [0.25, 0.3) is 0 Å². The number of carbonyl (C=O) groups is 1. The van der Waals surface area contributed by atoms with Crippen LogP contribution in [0, 0.1) is 18.6 Å². The molecule has 0 saturated carbocycles. The monoisotopic (exact) mass is 258 g/mol. The van der Waals surface area contributed by atoms with E-state index in [1.165, 1.54) is 30.8 Å². The summed E-state index contributed by atoms with van der Waals surface area (Å²) < 4.78 is 26.7. The second-order valence-corrected chi connectivity index (χ2v) is 6.68. The lowest BCUT2D eigenvalue weighted by atomic mass is 10.1. The molecule has 0 fully saturated rings. The highest BCUT2D eigenvalue weighted by atomic mass is 32.2. The van der Waals surface area contributed by atoms with E-state index >= 15 is 0 Å². The van der Waals surface area contributed by atoms with Crippen molar-refractivity contribution < 1.29 is 13.6 Å². The van der Waals surface area contributed by atoms with E-state index in [0.717, 1.165) is 0 Å². The van der Waals surface area contributed by atoms with Gasteiger partial charge in [-0.1, -0.05) is 26.8 Å². The quantitative estimate of drug-likeness (QED) is 0.763. The third-order valence-electron chi connectivity index (χ3n) is 2.21. The van der Waals surface area contributed by atoms with Crippen LogP contribution in [-0.4, -0.2) is 16.3 Å². The summed E-state index contributed by atoms with van der Waals surface area (Å²) in [6.45, 7) is 7.38. The SMILES string of the molecule is Cc1ccc(C(=O)CSC(C)(C)C)c(F)c1F. The van der Waals surface area contributed by atoms with Crippen molar-refractivity contribution in [2.24, 2.45) is 0 Å². The van der Waals surface area contributed by atoms with Crippen LogP contribution < -0.4 is 0 Å². The third kappa shape index (κ3) is 3.80. The predicted molar refractivity (Wildman–Crippen MR) is 67.6 cm³/mol. The van der Waals surface area contributed by atoms with Crippen molar-refractivity contribution in [1.82, 2.24) is 0 Å². The second kappa shape index (κ2) is 5.17. The standard InChI is InChI=1S/C13H16F2OS/c1-8-5-6-9(12(15)11(8)14)10(16)7-17-13(2,3)4/h5-6H,7H2,1-4H3.